The molecule has 0 saturated heterocycles. The highest BCUT2D eigenvalue weighted by Crippen LogP contribution is 2.03. The SMILES string of the molecule is CN=C(NCCN(C(C)C)C(C)C)NC(C)CCS(C)(=O)=O. The molecule has 0 aromatic rings. The fourth-order valence-corrected chi connectivity index (χ4v) is 3.09. The van der Waals surface area contributed by atoms with Gasteiger partial charge in [0.05, 0.1) is 5.75 Å². The van der Waals surface area contributed by atoms with E-state index in [9.17, 15) is 8.42 Å². The van der Waals surface area contributed by atoms with Crippen molar-refractivity contribution in [3.63, 3.8) is 0 Å². The number of nitrogens with one attached hydrogen (secondary N) is 2. The molecule has 0 radical (unpaired) electrons. The predicted molar refractivity (Wildman–Crippen MR) is 95.3 cm³/mol. The van der Waals surface area contributed by atoms with Gasteiger partial charge in [-0.3, -0.25) is 9.89 Å². The van der Waals surface area contributed by atoms with Crippen LogP contribution in [-0.2, 0) is 9.84 Å². The number of hydrogen-bond acceptors (Lipinski definition) is 4. The lowest BCUT2D eigenvalue weighted by molar-refractivity contribution is 0.178. The van der Waals surface area contributed by atoms with Crippen LogP contribution in [0, 0.1) is 0 Å². The van der Waals surface area contributed by atoms with Gasteiger partial charge in [0.25, 0.3) is 0 Å². The molecule has 132 valence electrons. The fraction of sp³-hybridized carbons (Fsp3) is 0.933. The molecule has 0 amide bonds. The molecule has 2 N–H and O–H groups in total. The van der Waals surface area contributed by atoms with E-state index in [1.165, 1.54) is 6.26 Å². The minimum atomic E-state index is -2.92. The molecule has 1 atom stereocenters. The van der Waals surface area contributed by atoms with Crippen molar-refractivity contribution in [1.82, 2.24) is 15.5 Å². The van der Waals surface area contributed by atoms with Crippen molar-refractivity contribution in [3.8, 4) is 0 Å². The number of hydrogen-bond donors (Lipinski definition) is 2. The monoisotopic (exact) mass is 334 g/mol. The first-order valence-electron chi connectivity index (χ1n) is 7.97. The Bertz CT molecular complexity index is 425. The van der Waals surface area contributed by atoms with Gasteiger partial charge >= 0.3 is 0 Å². The minimum Gasteiger partial charge on any atom is -0.355 e. The minimum absolute atomic E-state index is 0.0622. The molecule has 1 unspecified atom stereocenters. The molecular weight excluding hydrogens is 300 g/mol. The molecule has 0 rings (SSSR count). The molecule has 0 aromatic heterocycles. The number of nitrogens with zero attached hydrogens (tertiary/aromatic N) is 2. The van der Waals surface area contributed by atoms with E-state index in [4.69, 9.17) is 0 Å². The molecule has 22 heavy (non-hydrogen) atoms. The molecule has 0 aliphatic heterocycles. The first-order chi connectivity index (χ1) is 10.1. The number of guanidine groups is 1. The van der Waals surface area contributed by atoms with Gasteiger partial charge in [-0.25, -0.2) is 8.42 Å². The normalized spacial score (nSPS) is 14.7. The Hall–Kier alpha value is -0.820. The third kappa shape index (κ3) is 10.00. The highest BCUT2D eigenvalue weighted by atomic mass is 32.2. The maximum Gasteiger partial charge on any atom is 0.191 e. The van der Waals surface area contributed by atoms with Gasteiger partial charge in [0.2, 0.25) is 0 Å². The van der Waals surface area contributed by atoms with Crippen LogP contribution in [0.15, 0.2) is 4.99 Å². The van der Waals surface area contributed by atoms with Crippen molar-refractivity contribution in [1.29, 1.82) is 0 Å². The number of sulfone groups is 1. The summed E-state index contributed by atoms with van der Waals surface area (Å²) in [6.07, 6.45) is 1.84. The van der Waals surface area contributed by atoms with Crippen molar-refractivity contribution in [2.24, 2.45) is 4.99 Å². The van der Waals surface area contributed by atoms with Gasteiger partial charge in [-0.1, -0.05) is 0 Å². The predicted octanol–water partition coefficient (Wildman–Crippen LogP) is 1.09. The second-order valence-corrected chi connectivity index (χ2v) is 8.65. The Morgan fingerprint density at radius 1 is 1.14 bits per heavy atom. The van der Waals surface area contributed by atoms with E-state index >= 15 is 0 Å². The van der Waals surface area contributed by atoms with E-state index in [2.05, 4.69) is 48.2 Å². The van der Waals surface area contributed by atoms with E-state index in [0.717, 1.165) is 13.1 Å². The maximum atomic E-state index is 11.2. The zero-order chi connectivity index (χ0) is 17.3. The van der Waals surface area contributed by atoms with Crippen LogP contribution in [0.4, 0.5) is 0 Å². The third-order valence-electron chi connectivity index (χ3n) is 3.52. The summed E-state index contributed by atoms with van der Waals surface area (Å²) >= 11 is 0. The average molecular weight is 335 g/mol. The summed E-state index contributed by atoms with van der Waals surface area (Å²) in [4.78, 5) is 6.60. The van der Waals surface area contributed by atoms with Crippen molar-refractivity contribution in [2.75, 3.05) is 32.1 Å². The van der Waals surface area contributed by atoms with Crippen LogP contribution in [0.2, 0.25) is 0 Å². The zero-order valence-corrected chi connectivity index (χ0v) is 16.0. The summed E-state index contributed by atoms with van der Waals surface area (Å²) in [7, 11) is -1.19. The Labute approximate surface area is 136 Å². The summed E-state index contributed by atoms with van der Waals surface area (Å²) in [6.45, 7) is 12.5. The highest BCUT2D eigenvalue weighted by Gasteiger charge is 2.13. The average Bonchev–Trinajstić information content (AvgIpc) is 2.38. The lowest BCUT2D eigenvalue weighted by Gasteiger charge is -2.30. The van der Waals surface area contributed by atoms with Crippen molar-refractivity contribution >= 4 is 15.8 Å². The molecule has 0 heterocycles. The number of rotatable bonds is 9. The van der Waals surface area contributed by atoms with E-state index in [1.807, 2.05) is 6.92 Å². The van der Waals surface area contributed by atoms with E-state index in [0.29, 0.717) is 24.5 Å². The summed E-state index contributed by atoms with van der Waals surface area (Å²) in [5, 5.41) is 6.51. The first-order valence-corrected chi connectivity index (χ1v) is 10.0. The van der Waals surface area contributed by atoms with Gasteiger partial charge in [-0.2, -0.15) is 0 Å². The molecule has 0 spiro atoms. The molecule has 6 nitrogen and oxygen atoms in total. The van der Waals surface area contributed by atoms with Crippen LogP contribution in [0.5, 0.6) is 0 Å². The molecule has 0 saturated carbocycles. The Morgan fingerprint density at radius 3 is 2.09 bits per heavy atom. The molecule has 0 fully saturated rings. The topological polar surface area (TPSA) is 73.8 Å². The van der Waals surface area contributed by atoms with Crippen LogP contribution >= 0.6 is 0 Å². The van der Waals surface area contributed by atoms with E-state index in [1.54, 1.807) is 7.05 Å². The lowest BCUT2D eigenvalue weighted by Crippen LogP contribution is -2.47. The Kier molecular flexibility index (Phi) is 9.67. The van der Waals surface area contributed by atoms with Gasteiger partial charge in [-0.05, 0) is 41.0 Å². The quantitative estimate of drug-likeness (QED) is 0.488. The van der Waals surface area contributed by atoms with Gasteiger partial charge < -0.3 is 10.6 Å². The van der Waals surface area contributed by atoms with Crippen LogP contribution in [0.1, 0.15) is 41.0 Å². The van der Waals surface area contributed by atoms with Gasteiger partial charge in [0.1, 0.15) is 9.84 Å². The number of aliphatic imine (C=N–C) groups is 1. The van der Waals surface area contributed by atoms with Crippen molar-refractivity contribution < 1.29 is 8.42 Å². The summed E-state index contributed by atoms with van der Waals surface area (Å²) in [5.74, 6) is 0.903. The van der Waals surface area contributed by atoms with Gasteiger partial charge in [0.15, 0.2) is 5.96 Å². The summed E-state index contributed by atoms with van der Waals surface area (Å²) in [5.41, 5.74) is 0. The van der Waals surface area contributed by atoms with Crippen LogP contribution in [0.25, 0.3) is 0 Å². The molecular formula is C15H34N4O2S. The van der Waals surface area contributed by atoms with Crippen LogP contribution in [-0.4, -0.2) is 69.5 Å². The van der Waals surface area contributed by atoms with Crippen molar-refractivity contribution in [2.45, 2.75) is 59.2 Å². The van der Waals surface area contributed by atoms with Crippen LogP contribution in [0.3, 0.4) is 0 Å². The molecule has 0 aliphatic rings. The van der Waals surface area contributed by atoms with E-state index in [-0.39, 0.29) is 11.8 Å². The largest absolute Gasteiger partial charge is 0.355 e. The Balaban J connectivity index is 4.22. The highest BCUT2D eigenvalue weighted by molar-refractivity contribution is 7.90. The third-order valence-corrected chi connectivity index (χ3v) is 4.49. The zero-order valence-electron chi connectivity index (χ0n) is 15.2. The lowest BCUT2D eigenvalue weighted by atomic mass is 10.2. The van der Waals surface area contributed by atoms with Gasteiger partial charge in [-0.15, -0.1) is 0 Å². The Morgan fingerprint density at radius 2 is 1.68 bits per heavy atom. The maximum absolute atomic E-state index is 11.2. The summed E-state index contributed by atoms with van der Waals surface area (Å²) < 4.78 is 22.4. The summed E-state index contributed by atoms with van der Waals surface area (Å²) in [6, 6.07) is 1.07. The molecule has 0 aromatic carbocycles. The molecule has 0 bridgehead atoms. The molecule has 0 aliphatic carbocycles. The second-order valence-electron chi connectivity index (χ2n) is 6.39. The smallest absolute Gasteiger partial charge is 0.191 e. The molecule has 7 heteroatoms. The standard InChI is InChI=1S/C15H34N4O2S/c1-12(2)19(13(3)4)10-9-17-15(16-6)18-14(5)8-11-22(7,20)21/h12-14H,8-11H2,1-7H3,(H2,16,17,18). The van der Waals surface area contributed by atoms with Crippen molar-refractivity contribution in [3.05, 3.63) is 0 Å². The fourth-order valence-electron chi connectivity index (χ4n) is 2.31. The van der Waals surface area contributed by atoms with Crippen LogP contribution < -0.4 is 10.6 Å². The second kappa shape index (κ2) is 10.0. The van der Waals surface area contributed by atoms with E-state index < -0.39 is 9.84 Å². The first kappa shape index (κ1) is 21.2. The van der Waals surface area contributed by atoms with Gasteiger partial charge in [0, 0.05) is 44.5 Å².